The Balaban J connectivity index is 0.00000129. The van der Waals surface area contributed by atoms with Gasteiger partial charge in [-0.1, -0.05) is 43.7 Å². The molecule has 11 nitrogen and oxygen atoms in total. The molecule has 0 bridgehead atoms. The minimum absolute atomic E-state index is 0.0721. The maximum atomic E-state index is 13.2. The third-order valence-electron chi connectivity index (χ3n) is 5.92. The number of unbranched alkanes of at least 4 members (excludes halogenated alkanes) is 4. The zero-order chi connectivity index (χ0) is 33.9. The highest BCUT2D eigenvalue weighted by Gasteiger charge is 2.29. The minimum Gasteiger partial charge on any atom is -0.542 e. The number of quaternary nitrogens is 1. The van der Waals surface area contributed by atoms with E-state index in [9.17, 15) is 31.2 Å². The van der Waals surface area contributed by atoms with Gasteiger partial charge in [0.05, 0.1) is 18.9 Å². The normalized spacial score (nSPS) is 12.2. The Bertz CT molecular complexity index is 1350. The van der Waals surface area contributed by atoms with Crippen LogP contribution in [0.2, 0.25) is 0 Å². The number of rotatable bonds is 18. The van der Waals surface area contributed by atoms with Crippen LogP contribution in [0.3, 0.4) is 0 Å². The van der Waals surface area contributed by atoms with Crippen LogP contribution in [0.1, 0.15) is 56.6 Å². The molecule has 0 aliphatic carbocycles. The number of hydrogen-bond donors (Lipinski definition) is 3. The third-order valence-corrected chi connectivity index (χ3v) is 7.39. The molecule has 0 heterocycles. The van der Waals surface area contributed by atoms with Crippen molar-refractivity contribution in [3.63, 3.8) is 0 Å². The minimum atomic E-state index is -5.19. The summed E-state index contributed by atoms with van der Waals surface area (Å²) in [5, 5.41) is 17.7. The van der Waals surface area contributed by atoms with E-state index in [4.69, 9.17) is 24.5 Å². The Labute approximate surface area is 260 Å². The van der Waals surface area contributed by atoms with E-state index in [0.29, 0.717) is 30.8 Å². The SMILES string of the molecule is CCCCS(=O)(=O)N[C@@H](Cc1ccc(OCCCCCC[NH3+])cc1)C(=O)Oc1ccccc1/C=C\C(=O)O.O=C([O-])C(F)(F)F. The second kappa shape index (κ2) is 20.2. The van der Waals surface area contributed by atoms with Gasteiger partial charge in [-0.3, -0.25) is 0 Å². The molecule has 0 saturated heterocycles. The highest BCUT2D eigenvalue weighted by molar-refractivity contribution is 7.89. The molecule has 0 radical (unpaired) electrons. The molecule has 0 aliphatic rings. The van der Waals surface area contributed by atoms with Crippen LogP contribution in [-0.4, -0.2) is 62.6 Å². The smallest absolute Gasteiger partial charge is 0.430 e. The highest BCUT2D eigenvalue weighted by Crippen LogP contribution is 2.21. The molecule has 2 aromatic carbocycles. The Morgan fingerprint density at radius 1 is 1.02 bits per heavy atom. The van der Waals surface area contributed by atoms with Crippen LogP contribution in [0.15, 0.2) is 54.6 Å². The summed E-state index contributed by atoms with van der Waals surface area (Å²) >= 11 is 0. The van der Waals surface area contributed by atoms with Crippen molar-refractivity contribution in [2.24, 2.45) is 0 Å². The van der Waals surface area contributed by atoms with Crippen molar-refractivity contribution >= 4 is 34.0 Å². The fourth-order valence-corrected chi connectivity index (χ4v) is 5.01. The third kappa shape index (κ3) is 17.2. The molecule has 0 amide bonds. The summed E-state index contributed by atoms with van der Waals surface area (Å²) in [6.45, 7) is 3.44. The van der Waals surface area contributed by atoms with E-state index >= 15 is 0 Å². The lowest BCUT2D eigenvalue weighted by atomic mass is 10.1. The number of aliphatic carboxylic acids is 2. The first-order valence-corrected chi connectivity index (χ1v) is 15.8. The number of alkyl halides is 3. The maximum absolute atomic E-state index is 13.2. The van der Waals surface area contributed by atoms with Crippen molar-refractivity contribution in [2.75, 3.05) is 18.9 Å². The van der Waals surface area contributed by atoms with Gasteiger partial charge in [-0.25, -0.2) is 22.7 Å². The van der Waals surface area contributed by atoms with Crippen molar-refractivity contribution in [3.8, 4) is 11.5 Å². The Morgan fingerprint density at radius 3 is 2.22 bits per heavy atom. The number of carbonyl (C=O) groups is 3. The van der Waals surface area contributed by atoms with Crippen molar-refractivity contribution in [3.05, 3.63) is 65.7 Å². The zero-order valence-electron chi connectivity index (χ0n) is 24.9. The topological polar surface area (TPSA) is 187 Å². The standard InChI is InChI=1S/C28H38N2O7S.C2HF3O2/c1-2-3-20-38(34,35)30-25(28(33)37-26-11-7-6-10-23(26)14-17-27(31)32)21-22-12-15-24(16-13-22)36-19-9-5-4-8-18-29;3-2(4,5)1(6)7/h6-7,10-17,25,30H,2-5,8-9,18-21,29H2,1H3,(H,31,32);(H,6,7)/b17-14-;/t25-;/m0./s1. The molecule has 5 N–H and O–H groups in total. The number of carbonyl (C=O) groups excluding carboxylic acids is 2. The summed E-state index contributed by atoms with van der Waals surface area (Å²) < 4.78 is 70.6. The fourth-order valence-electron chi connectivity index (χ4n) is 3.61. The number of halogens is 3. The number of carboxylic acids is 2. The van der Waals surface area contributed by atoms with Gasteiger partial charge in [-0.15, -0.1) is 0 Å². The molecule has 45 heavy (non-hydrogen) atoms. The molecular formula is C30H39F3N2O9S. The van der Waals surface area contributed by atoms with Gasteiger partial charge < -0.3 is 30.2 Å². The second-order valence-electron chi connectivity index (χ2n) is 9.72. The molecular weight excluding hydrogens is 621 g/mol. The zero-order valence-corrected chi connectivity index (χ0v) is 25.7. The summed E-state index contributed by atoms with van der Waals surface area (Å²) in [7, 11) is -3.73. The summed E-state index contributed by atoms with van der Waals surface area (Å²) in [6, 6.07) is 12.4. The predicted molar refractivity (Wildman–Crippen MR) is 157 cm³/mol. The molecule has 250 valence electrons. The van der Waals surface area contributed by atoms with E-state index in [2.05, 4.69) is 10.5 Å². The first kappa shape index (κ1) is 39.1. The summed E-state index contributed by atoms with van der Waals surface area (Å²) in [5.74, 6) is -4.21. The van der Waals surface area contributed by atoms with Crippen LogP contribution in [0.4, 0.5) is 13.2 Å². The number of esters is 1. The first-order valence-electron chi connectivity index (χ1n) is 14.2. The summed E-state index contributed by atoms with van der Waals surface area (Å²) in [6.07, 6.45) is 2.57. The van der Waals surface area contributed by atoms with Crippen molar-refractivity contribution < 1.29 is 61.4 Å². The van der Waals surface area contributed by atoms with Gasteiger partial charge >= 0.3 is 18.1 Å². The monoisotopic (exact) mass is 660 g/mol. The number of hydrogen-bond acceptors (Lipinski definition) is 8. The van der Waals surface area contributed by atoms with Crippen LogP contribution >= 0.6 is 0 Å². The largest absolute Gasteiger partial charge is 0.542 e. The van der Waals surface area contributed by atoms with Gasteiger partial charge in [0.2, 0.25) is 10.0 Å². The van der Waals surface area contributed by atoms with Crippen LogP contribution in [0.25, 0.3) is 6.08 Å². The van der Waals surface area contributed by atoms with Crippen molar-refractivity contribution in [1.29, 1.82) is 0 Å². The van der Waals surface area contributed by atoms with Gasteiger partial charge in [0.1, 0.15) is 23.5 Å². The molecule has 0 aromatic heterocycles. The van der Waals surface area contributed by atoms with E-state index in [1.54, 1.807) is 42.5 Å². The van der Waals surface area contributed by atoms with Gasteiger partial charge in [0.25, 0.3) is 0 Å². The molecule has 2 aromatic rings. The lowest BCUT2D eigenvalue weighted by Gasteiger charge is -2.19. The Morgan fingerprint density at radius 2 is 1.64 bits per heavy atom. The first-order chi connectivity index (χ1) is 21.2. The van der Waals surface area contributed by atoms with Gasteiger partial charge in [0, 0.05) is 11.6 Å². The number of benzene rings is 2. The van der Waals surface area contributed by atoms with Crippen LogP contribution in [0.5, 0.6) is 11.5 Å². The average Bonchev–Trinajstić information content (AvgIpc) is 2.97. The summed E-state index contributed by atoms with van der Waals surface area (Å²) in [4.78, 5) is 32.9. The second-order valence-corrected chi connectivity index (χ2v) is 11.6. The Kier molecular flexibility index (Phi) is 17.5. The molecule has 2 rings (SSSR count). The van der Waals surface area contributed by atoms with Crippen LogP contribution < -0.4 is 25.0 Å². The van der Waals surface area contributed by atoms with E-state index in [1.165, 1.54) is 12.1 Å². The fraction of sp³-hybridized carbons (Fsp3) is 0.433. The molecule has 0 aliphatic heterocycles. The van der Waals surface area contributed by atoms with E-state index in [1.807, 2.05) is 6.92 Å². The Hall–Kier alpha value is -3.95. The average molecular weight is 661 g/mol. The molecule has 1 atom stereocenters. The molecule has 0 unspecified atom stereocenters. The quantitative estimate of drug-likeness (QED) is 0.0935. The van der Waals surface area contributed by atoms with Crippen molar-refractivity contribution in [2.45, 2.75) is 64.1 Å². The van der Waals surface area contributed by atoms with Gasteiger partial charge in [0.15, 0.2) is 0 Å². The number of nitrogens with one attached hydrogen (secondary N) is 1. The highest BCUT2D eigenvalue weighted by atomic mass is 32.2. The number of sulfonamides is 1. The van der Waals surface area contributed by atoms with Crippen molar-refractivity contribution in [1.82, 2.24) is 4.72 Å². The van der Waals surface area contributed by atoms with Crippen LogP contribution in [0, 0.1) is 0 Å². The lowest BCUT2D eigenvalue weighted by molar-refractivity contribution is -0.368. The predicted octanol–water partition coefficient (Wildman–Crippen LogP) is 2.50. The molecule has 0 spiro atoms. The number of para-hydroxylation sites is 1. The van der Waals surface area contributed by atoms with E-state index < -0.39 is 40.1 Å². The lowest BCUT2D eigenvalue weighted by Crippen LogP contribution is -2.50. The molecule has 0 saturated carbocycles. The van der Waals surface area contributed by atoms with Gasteiger partial charge in [-0.05, 0) is 68.4 Å². The van der Waals surface area contributed by atoms with E-state index in [-0.39, 0.29) is 17.9 Å². The molecule has 0 fully saturated rings. The maximum Gasteiger partial charge on any atom is 0.430 e. The van der Waals surface area contributed by atoms with E-state index in [0.717, 1.165) is 43.9 Å². The number of ether oxygens (including phenoxy) is 2. The number of carboxylic acid groups (broad SMARTS) is 2. The summed E-state index contributed by atoms with van der Waals surface area (Å²) in [5.41, 5.74) is 4.95. The van der Waals surface area contributed by atoms with Gasteiger partial charge in [-0.2, -0.15) is 13.2 Å². The van der Waals surface area contributed by atoms with Crippen LogP contribution in [-0.2, 0) is 30.8 Å². The molecule has 15 heteroatoms.